The Balaban J connectivity index is 1.40. The highest BCUT2D eigenvalue weighted by atomic mass is 32.1. The fourth-order valence-corrected chi connectivity index (χ4v) is 4.21. The Morgan fingerprint density at radius 3 is 2.07 bits per heavy atom. The van der Waals surface area contributed by atoms with Crippen LogP contribution in [-0.4, -0.2) is 47.4 Å². The van der Waals surface area contributed by atoms with Crippen LogP contribution in [0, 0.1) is 0 Å². The third-order valence-corrected chi connectivity index (χ3v) is 6.14. The van der Waals surface area contributed by atoms with E-state index in [1.807, 2.05) is 50.3 Å². The van der Waals surface area contributed by atoms with Gasteiger partial charge in [-0.3, -0.25) is 4.79 Å². The summed E-state index contributed by atoms with van der Waals surface area (Å²) in [6, 6.07) is 7.95. The third-order valence-electron chi connectivity index (χ3n) is 4.24. The molecule has 0 aliphatic heterocycles. The van der Waals surface area contributed by atoms with Gasteiger partial charge in [0.2, 0.25) is 16.2 Å². The van der Waals surface area contributed by atoms with E-state index >= 15 is 0 Å². The number of unbranched alkanes of at least 4 members (excludes halogenated alkanes) is 1. The summed E-state index contributed by atoms with van der Waals surface area (Å²) in [4.78, 5) is 14.3. The predicted octanol–water partition coefficient (Wildman–Crippen LogP) is 3.24. The standard InChI is InChI=1S/C19H25N7OS2/c1-20-18-24-22-16(28-18)6-4-5-7-17-23-25-19(29-17)21-15(27)12-13-8-10-14(11-9-13)26(2)3/h8-11H,4-7,12H2,1-3H3,(H,20,24)(H,21,25,27). The number of aromatic nitrogens is 4. The molecule has 8 nitrogen and oxygen atoms in total. The van der Waals surface area contributed by atoms with Gasteiger partial charge >= 0.3 is 0 Å². The smallest absolute Gasteiger partial charge is 0.230 e. The first-order valence-corrected chi connectivity index (χ1v) is 11.1. The fourth-order valence-electron chi connectivity index (χ4n) is 2.67. The number of hydrogen-bond acceptors (Lipinski definition) is 9. The Hall–Kier alpha value is -2.59. The SMILES string of the molecule is CNc1nnc(CCCCc2nnc(NC(=O)Cc3ccc(N(C)C)cc3)s2)s1. The number of benzene rings is 1. The second kappa shape index (κ2) is 10.3. The molecule has 2 heterocycles. The molecule has 0 spiro atoms. The molecule has 3 aromatic rings. The van der Waals surface area contributed by atoms with Crippen molar-refractivity contribution in [1.29, 1.82) is 0 Å². The minimum atomic E-state index is -0.0816. The Bertz CT molecular complexity index is 921. The number of amides is 1. The largest absolute Gasteiger partial charge is 0.378 e. The van der Waals surface area contributed by atoms with Crippen LogP contribution in [0.2, 0.25) is 0 Å². The summed E-state index contributed by atoms with van der Waals surface area (Å²) >= 11 is 3.02. The molecule has 0 aliphatic carbocycles. The lowest BCUT2D eigenvalue weighted by atomic mass is 10.1. The van der Waals surface area contributed by atoms with Crippen LogP contribution in [0.4, 0.5) is 16.0 Å². The van der Waals surface area contributed by atoms with Gasteiger partial charge in [-0.1, -0.05) is 34.8 Å². The number of nitrogens with zero attached hydrogens (tertiary/aromatic N) is 5. The molecule has 1 amide bonds. The Morgan fingerprint density at radius 2 is 1.52 bits per heavy atom. The molecule has 2 N–H and O–H groups in total. The van der Waals surface area contributed by atoms with Gasteiger partial charge in [0.15, 0.2) is 0 Å². The molecular formula is C19H25N7OS2. The number of hydrogen-bond donors (Lipinski definition) is 2. The summed E-state index contributed by atoms with van der Waals surface area (Å²) in [5.41, 5.74) is 2.08. The normalized spacial score (nSPS) is 10.7. The number of aryl methyl sites for hydroxylation is 2. The lowest BCUT2D eigenvalue weighted by Gasteiger charge is -2.12. The molecule has 0 aliphatic rings. The number of carbonyl (C=O) groups excluding carboxylic acids is 1. The van der Waals surface area contributed by atoms with Crippen LogP contribution in [-0.2, 0) is 24.1 Å². The van der Waals surface area contributed by atoms with Crippen LogP contribution in [0.5, 0.6) is 0 Å². The van der Waals surface area contributed by atoms with Crippen molar-refractivity contribution >= 4 is 44.5 Å². The van der Waals surface area contributed by atoms with Crippen molar-refractivity contribution < 1.29 is 4.79 Å². The summed E-state index contributed by atoms with van der Waals surface area (Å²) in [6.45, 7) is 0. The van der Waals surface area contributed by atoms with E-state index in [1.54, 1.807) is 11.3 Å². The van der Waals surface area contributed by atoms with E-state index in [2.05, 4.69) is 31.0 Å². The van der Waals surface area contributed by atoms with E-state index in [9.17, 15) is 4.79 Å². The summed E-state index contributed by atoms with van der Waals surface area (Å²) in [5.74, 6) is -0.0816. The van der Waals surface area contributed by atoms with Gasteiger partial charge in [-0.2, -0.15) is 0 Å². The quantitative estimate of drug-likeness (QED) is 0.476. The highest BCUT2D eigenvalue weighted by Gasteiger charge is 2.10. The van der Waals surface area contributed by atoms with Gasteiger partial charge in [0.1, 0.15) is 10.0 Å². The zero-order chi connectivity index (χ0) is 20.6. The van der Waals surface area contributed by atoms with E-state index in [-0.39, 0.29) is 5.91 Å². The molecule has 0 radical (unpaired) electrons. The van der Waals surface area contributed by atoms with Crippen molar-refractivity contribution in [2.24, 2.45) is 0 Å². The molecule has 0 saturated heterocycles. The number of rotatable bonds is 10. The highest BCUT2D eigenvalue weighted by molar-refractivity contribution is 7.15. The first-order valence-electron chi connectivity index (χ1n) is 9.42. The minimum Gasteiger partial charge on any atom is -0.378 e. The number of nitrogens with one attached hydrogen (secondary N) is 2. The number of carbonyl (C=O) groups is 1. The monoisotopic (exact) mass is 431 g/mol. The van der Waals surface area contributed by atoms with Gasteiger partial charge in [0, 0.05) is 39.7 Å². The van der Waals surface area contributed by atoms with Crippen LogP contribution in [0.1, 0.15) is 28.4 Å². The molecule has 0 unspecified atom stereocenters. The van der Waals surface area contributed by atoms with Crippen LogP contribution in [0.3, 0.4) is 0 Å². The van der Waals surface area contributed by atoms with Crippen LogP contribution >= 0.6 is 22.7 Å². The van der Waals surface area contributed by atoms with Gasteiger partial charge in [-0.25, -0.2) is 0 Å². The molecule has 0 saturated carbocycles. The highest BCUT2D eigenvalue weighted by Crippen LogP contribution is 2.20. The average Bonchev–Trinajstić information content (AvgIpc) is 3.35. The second-order valence-corrected chi connectivity index (χ2v) is 8.87. The lowest BCUT2D eigenvalue weighted by Crippen LogP contribution is -2.14. The lowest BCUT2D eigenvalue weighted by molar-refractivity contribution is -0.115. The van der Waals surface area contributed by atoms with Crippen LogP contribution in [0.25, 0.3) is 0 Å². The molecule has 2 aromatic heterocycles. The maximum absolute atomic E-state index is 12.3. The van der Waals surface area contributed by atoms with E-state index in [4.69, 9.17) is 0 Å². The molecule has 3 rings (SSSR count). The summed E-state index contributed by atoms with van der Waals surface area (Å²) in [7, 11) is 5.83. The van der Waals surface area contributed by atoms with Crippen molar-refractivity contribution in [3.05, 3.63) is 39.8 Å². The molecule has 10 heteroatoms. The second-order valence-electron chi connectivity index (χ2n) is 6.74. The molecule has 0 bridgehead atoms. The van der Waals surface area contributed by atoms with Crippen LogP contribution in [0.15, 0.2) is 24.3 Å². The Kier molecular flexibility index (Phi) is 7.48. The van der Waals surface area contributed by atoms with E-state index < -0.39 is 0 Å². The predicted molar refractivity (Wildman–Crippen MR) is 119 cm³/mol. The van der Waals surface area contributed by atoms with E-state index in [0.717, 1.165) is 52.1 Å². The molecule has 154 valence electrons. The zero-order valence-corrected chi connectivity index (χ0v) is 18.4. The molecule has 1 aromatic carbocycles. The summed E-state index contributed by atoms with van der Waals surface area (Å²) in [6.07, 6.45) is 4.09. The molecular weight excluding hydrogens is 406 g/mol. The van der Waals surface area contributed by atoms with Gasteiger partial charge in [-0.15, -0.1) is 20.4 Å². The van der Waals surface area contributed by atoms with Crippen LogP contribution < -0.4 is 15.5 Å². The van der Waals surface area contributed by atoms with Crippen molar-refractivity contribution in [2.75, 3.05) is 36.7 Å². The third kappa shape index (κ3) is 6.47. The van der Waals surface area contributed by atoms with Gasteiger partial charge in [0.25, 0.3) is 0 Å². The maximum atomic E-state index is 12.3. The Morgan fingerprint density at radius 1 is 0.931 bits per heavy atom. The first kappa shape index (κ1) is 21.1. The van der Waals surface area contributed by atoms with Crippen molar-refractivity contribution in [3.63, 3.8) is 0 Å². The number of anilines is 3. The van der Waals surface area contributed by atoms with Gasteiger partial charge in [-0.05, 0) is 30.5 Å². The summed E-state index contributed by atoms with van der Waals surface area (Å²) < 4.78 is 0. The topological polar surface area (TPSA) is 95.9 Å². The Labute approximate surface area is 178 Å². The van der Waals surface area contributed by atoms with Crippen molar-refractivity contribution in [3.8, 4) is 0 Å². The van der Waals surface area contributed by atoms with Gasteiger partial charge < -0.3 is 15.5 Å². The molecule has 0 fully saturated rings. The molecule has 29 heavy (non-hydrogen) atoms. The minimum absolute atomic E-state index is 0.0816. The van der Waals surface area contributed by atoms with Gasteiger partial charge in [0.05, 0.1) is 6.42 Å². The van der Waals surface area contributed by atoms with Crippen molar-refractivity contribution in [2.45, 2.75) is 32.1 Å². The first-order chi connectivity index (χ1) is 14.0. The average molecular weight is 432 g/mol. The maximum Gasteiger partial charge on any atom is 0.230 e. The zero-order valence-electron chi connectivity index (χ0n) is 16.8. The fraction of sp³-hybridized carbons (Fsp3) is 0.421. The van der Waals surface area contributed by atoms with E-state index in [1.165, 1.54) is 11.3 Å². The van der Waals surface area contributed by atoms with Crippen molar-refractivity contribution in [1.82, 2.24) is 20.4 Å². The van der Waals surface area contributed by atoms with E-state index in [0.29, 0.717) is 11.6 Å². The molecule has 0 atom stereocenters. The summed E-state index contributed by atoms with van der Waals surface area (Å²) in [5, 5.41) is 25.7.